The Morgan fingerprint density at radius 1 is 1.15 bits per heavy atom. The molecule has 3 aliphatic heterocycles. The predicted octanol–water partition coefficient (Wildman–Crippen LogP) is 1.38. The van der Waals surface area contributed by atoms with Crippen LogP contribution in [-0.4, -0.2) is 72.8 Å². The van der Waals surface area contributed by atoms with Crippen molar-refractivity contribution in [1.82, 2.24) is 19.0 Å². The molecule has 4 aliphatic rings. The molecule has 0 aromatic carbocycles. The summed E-state index contributed by atoms with van der Waals surface area (Å²) < 4.78 is 34.6. The minimum Gasteiger partial charge on any atom is -0.380 e. The van der Waals surface area contributed by atoms with Gasteiger partial charge in [-0.05, 0) is 50.5 Å². The lowest BCUT2D eigenvalue weighted by Gasteiger charge is -2.57. The van der Waals surface area contributed by atoms with Crippen molar-refractivity contribution in [2.75, 3.05) is 39.4 Å². The number of nitrogens with zero attached hydrogens (tertiary/aromatic N) is 4. The molecule has 4 fully saturated rings. The highest BCUT2D eigenvalue weighted by molar-refractivity contribution is 7.89. The second kappa shape index (κ2) is 6.02. The topological polar surface area (TPSA) is 67.7 Å². The minimum atomic E-state index is -3.44. The van der Waals surface area contributed by atoms with Crippen molar-refractivity contribution < 1.29 is 13.2 Å². The third kappa shape index (κ3) is 2.87. The second-order valence-corrected chi connectivity index (χ2v) is 11.3. The van der Waals surface area contributed by atoms with Crippen LogP contribution in [0.1, 0.15) is 37.8 Å². The van der Waals surface area contributed by atoms with E-state index >= 15 is 0 Å². The summed E-state index contributed by atoms with van der Waals surface area (Å²) in [5, 5.41) is 4.52. The fourth-order valence-corrected chi connectivity index (χ4v) is 7.37. The molecule has 1 aromatic rings. The van der Waals surface area contributed by atoms with Gasteiger partial charge in [-0.2, -0.15) is 9.40 Å². The average Bonchev–Trinajstić information content (AvgIpc) is 3.09. The molecule has 0 radical (unpaired) electrons. The Hall–Kier alpha value is -0.960. The predicted molar refractivity (Wildman–Crippen MR) is 101 cm³/mol. The summed E-state index contributed by atoms with van der Waals surface area (Å²) in [6.45, 7) is 7.40. The van der Waals surface area contributed by atoms with Gasteiger partial charge >= 0.3 is 0 Å². The van der Waals surface area contributed by atoms with Gasteiger partial charge in [-0.1, -0.05) is 0 Å². The number of piperidine rings is 1. The lowest BCUT2D eigenvalue weighted by molar-refractivity contribution is -0.198. The summed E-state index contributed by atoms with van der Waals surface area (Å²) in [6, 6.07) is 2.37. The molecule has 27 heavy (non-hydrogen) atoms. The second-order valence-electron chi connectivity index (χ2n) is 9.45. The fraction of sp³-hybridized carbons (Fsp3) is 0.842. The van der Waals surface area contributed by atoms with Crippen LogP contribution in [0, 0.1) is 17.8 Å². The molecule has 0 unspecified atom stereocenters. The van der Waals surface area contributed by atoms with Gasteiger partial charge in [0.2, 0.25) is 0 Å². The van der Waals surface area contributed by atoms with Crippen molar-refractivity contribution in [3.8, 4) is 0 Å². The molecule has 2 spiro atoms. The quantitative estimate of drug-likeness (QED) is 0.775. The van der Waals surface area contributed by atoms with E-state index in [-0.39, 0.29) is 0 Å². The molecular formula is C19H30N4O3S. The van der Waals surface area contributed by atoms with E-state index in [1.54, 1.807) is 17.4 Å². The smallest absolute Gasteiger partial charge is 0.260 e. The number of hydrogen-bond donors (Lipinski definition) is 0. The molecular weight excluding hydrogens is 364 g/mol. The van der Waals surface area contributed by atoms with Gasteiger partial charge in [-0.15, -0.1) is 0 Å². The highest BCUT2D eigenvalue weighted by Crippen LogP contribution is 2.51. The first-order valence-corrected chi connectivity index (χ1v) is 11.6. The maximum atomic E-state index is 13.0. The van der Waals surface area contributed by atoms with Gasteiger partial charge < -0.3 is 4.74 Å². The Bertz CT molecular complexity index is 829. The van der Waals surface area contributed by atoms with E-state index in [0.29, 0.717) is 35.0 Å². The zero-order valence-electron chi connectivity index (χ0n) is 16.4. The molecule has 1 atom stereocenters. The summed E-state index contributed by atoms with van der Waals surface area (Å²) in [5.41, 5.74) is 1.57. The third-order valence-corrected chi connectivity index (χ3v) is 9.39. The SMILES string of the molecule is Cc1cc(S(=O)(=O)N2CCC3(CC[C@H](N4CC5(COC5)C4)C3)CC2)n(C)n1. The van der Waals surface area contributed by atoms with Gasteiger partial charge in [-0.3, -0.25) is 9.58 Å². The lowest BCUT2D eigenvalue weighted by Crippen LogP contribution is -2.67. The molecule has 1 aliphatic carbocycles. The molecule has 8 heteroatoms. The van der Waals surface area contributed by atoms with E-state index in [1.807, 2.05) is 6.92 Å². The van der Waals surface area contributed by atoms with Crippen molar-refractivity contribution >= 4 is 10.0 Å². The Kier molecular flexibility index (Phi) is 4.03. The van der Waals surface area contributed by atoms with E-state index in [1.165, 1.54) is 37.0 Å². The van der Waals surface area contributed by atoms with E-state index in [2.05, 4.69) is 10.00 Å². The number of likely N-dealkylation sites (tertiary alicyclic amines) is 1. The van der Waals surface area contributed by atoms with Crippen LogP contribution in [0.3, 0.4) is 0 Å². The molecule has 5 rings (SSSR count). The monoisotopic (exact) mass is 394 g/mol. The number of hydrogen-bond acceptors (Lipinski definition) is 5. The highest BCUT2D eigenvalue weighted by atomic mass is 32.2. The number of aryl methyl sites for hydroxylation is 2. The first-order valence-electron chi connectivity index (χ1n) is 10.1. The van der Waals surface area contributed by atoms with E-state index in [0.717, 1.165) is 31.7 Å². The molecule has 3 saturated heterocycles. The molecule has 150 valence electrons. The first-order chi connectivity index (χ1) is 12.8. The molecule has 7 nitrogen and oxygen atoms in total. The maximum Gasteiger partial charge on any atom is 0.260 e. The van der Waals surface area contributed by atoms with Gasteiger partial charge in [0.15, 0.2) is 5.03 Å². The van der Waals surface area contributed by atoms with Crippen LogP contribution in [0.25, 0.3) is 0 Å². The average molecular weight is 395 g/mol. The fourth-order valence-electron chi connectivity index (χ4n) is 5.75. The van der Waals surface area contributed by atoms with Crippen LogP contribution < -0.4 is 0 Å². The van der Waals surface area contributed by atoms with E-state index in [9.17, 15) is 8.42 Å². The largest absolute Gasteiger partial charge is 0.380 e. The number of ether oxygens (including phenoxy) is 1. The molecule has 1 saturated carbocycles. The van der Waals surface area contributed by atoms with Crippen LogP contribution in [0.15, 0.2) is 11.1 Å². The minimum absolute atomic E-state index is 0.314. The normalized spacial score (nSPS) is 30.5. The molecule has 0 amide bonds. The third-order valence-electron chi connectivity index (χ3n) is 7.43. The van der Waals surface area contributed by atoms with Crippen LogP contribution >= 0.6 is 0 Å². The first kappa shape index (κ1) is 18.1. The molecule has 0 bridgehead atoms. The van der Waals surface area contributed by atoms with E-state index < -0.39 is 10.0 Å². The Balaban J connectivity index is 1.21. The molecule has 4 heterocycles. The van der Waals surface area contributed by atoms with Crippen LogP contribution in [0.4, 0.5) is 0 Å². The van der Waals surface area contributed by atoms with Crippen molar-refractivity contribution in [1.29, 1.82) is 0 Å². The zero-order valence-corrected chi connectivity index (χ0v) is 17.2. The Labute approximate surface area is 161 Å². The summed E-state index contributed by atoms with van der Waals surface area (Å²) in [6.07, 6.45) is 5.73. The van der Waals surface area contributed by atoms with Crippen molar-refractivity contribution in [3.05, 3.63) is 11.8 Å². The Morgan fingerprint density at radius 2 is 1.85 bits per heavy atom. The maximum absolute atomic E-state index is 13.0. The number of rotatable bonds is 3. The summed E-state index contributed by atoms with van der Waals surface area (Å²) in [7, 11) is -1.73. The van der Waals surface area contributed by atoms with E-state index in [4.69, 9.17) is 4.74 Å². The number of aromatic nitrogens is 2. The molecule has 0 N–H and O–H groups in total. The molecule has 1 aromatic heterocycles. The van der Waals surface area contributed by atoms with Crippen LogP contribution in [0.5, 0.6) is 0 Å². The van der Waals surface area contributed by atoms with Crippen LogP contribution in [0.2, 0.25) is 0 Å². The van der Waals surface area contributed by atoms with Crippen molar-refractivity contribution in [2.24, 2.45) is 17.9 Å². The highest BCUT2D eigenvalue weighted by Gasteiger charge is 2.53. The van der Waals surface area contributed by atoms with Gasteiger partial charge in [0, 0.05) is 44.7 Å². The van der Waals surface area contributed by atoms with Gasteiger partial charge in [-0.25, -0.2) is 8.42 Å². The van der Waals surface area contributed by atoms with Crippen LogP contribution in [-0.2, 0) is 21.8 Å². The van der Waals surface area contributed by atoms with Gasteiger partial charge in [0.25, 0.3) is 10.0 Å². The van der Waals surface area contributed by atoms with Crippen molar-refractivity contribution in [2.45, 2.75) is 50.1 Å². The zero-order chi connectivity index (χ0) is 18.9. The number of sulfonamides is 1. The van der Waals surface area contributed by atoms with Gasteiger partial charge in [0.1, 0.15) is 0 Å². The van der Waals surface area contributed by atoms with Gasteiger partial charge in [0.05, 0.1) is 18.9 Å². The summed E-state index contributed by atoms with van der Waals surface area (Å²) in [4.78, 5) is 2.65. The summed E-state index contributed by atoms with van der Waals surface area (Å²) >= 11 is 0. The van der Waals surface area contributed by atoms with Crippen molar-refractivity contribution in [3.63, 3.8) is 0 Å². The summed E-state index contributed by atoms with van der Waals surface area (Å²) in [5.74, 6) is 0. The standard InChI is InChI=1S/C19H30N4O3S/c1-15-9-17(21(2)20-15)27(24,25)23-7-5-18(6-8-23)4-3-16(10-18)22-11-19(12-22)13-26-14-19/h9,16H,3-8,10-14H2,1-2H3/t16-/m0/s1. The lowest BCUT2D eigenvalue weighted by atomic mass is 9.75. The Morgan fingerprint density at radius 3 is 2.41 bits per heavy atom.